The molecule has 0 bridgehead atoms. The summed E-state index contributed by atoms with van der Waals surface area (Å²) in [5.41, 5.74) is 0. The van der Waals surface area contributed by atoms with Crippen LogP contribution in [0.2, 0.25) is 0 Å². The predicted octanol–water partition coefficient (Wildman–Crippen LogP) is 0.860. The van der Waals surface area contributed by atoms with Crippen LogP contribution in [0.3, 0.4) is 0 Å². The van der Waals surface area contributed by atoms with Crippen LogP contribution in [0.15, 0.2) is 0 Å². The lowest BCUT2D eigenvalue weighted by molar-refractivity contribution is -0.195. The van der Waals surface area contributed by atoms with E-state index in [4.69, 9.17) is 9.47 Å². The number of methoxy groups -OCH3 is 1. The van der Waals surface area contributed by atoms with Gasteiger partial charge in [-0.1, -0.05) is 0 Å². The van der Waals surface area contributed by atoms with E-state index in [1.807, 2.05) is 13.2 Å². The zero-order valence-corrected chi connectivity index (χ0v) is 8.50. The zero-order valence-electron chi connectivity index (χ0n) is 7.69. The van der Waals surface area contributed by atoms with Gasteiger partial charge < -0.3 is 14.6 Å². The van der Waals surface area contributed by atoms with Gasteiger partial charge in [0.1, 0.15) is 0 Å². The maximum Gasteiger partial charge on any atom is 0.160 e. The molecule has 1 saturated heterocycles. The van der Waals surface area contributed by atoms with Crippen molar-refractivity contribution >= 4 is 11.8 Å². The molecule has 1 heterocycles. The molecule has 1 rings (SSSR count). The Labute approximate surface area is 77.4 Å². The fourth-order valence-corrected chi connectivity index (χ4v) is 2.39. The lowest BCUT2D eigenvalue weighted by atomic mass is 10.1. The number of thioether (sulfide) groups is 1. The number of rotatable bonds is 2. The lowest BCUT2D eigenvalue weighted by Gasteiger charge is -2.36. The van der Waals surface area contributed by atoms with Gasteiger partial charge in [-0.3, -0.25) is 0 Å². The molecule has 4 heteroatoms. The largest absolute Gasteiger partial charge is 0.392 e. The third-order valence-electron chi connectivity index (χ3n) is 2.18. The van der Waals surface area contributed by atoms with Gasteiger partial charge in [-0.2, -0.15) is 11.8 Å². The quantitative estimate of drug-likeness (QED) is 0.704. The third-order valence-corrected chi connectivity index (χ3v) is 3.42. The van der Waals surface area contributed by atoms with Crippen LogP contribution in [0, 0.1) is 0 Å². The molecule has 0 unspecified atom stereocenters. The number of ether oxygens (including phenoxy) is 2. The summed E-state index contributed by atoms with van der Waals surface area (Å²) in [6, 6.07) is 0. The topological polar surface area (TPSA) is 38.7 Å². The normalized spacial score (nSPS) is 43.0. The van der Waals surface area contributed by atoms with E-state index in [0.29, 0.717) is 6.42 Å². The minimum Gasteiger partial charge on any atom is -0.392 e. The minimum atomic E-state index is -0.311. The number of aliphatic hydroxyl groups is 1. The monoisotopic (exact) mass is 192 g/mol. The summed E-state index contributed by atoms with van der Waals surface area (Å²) < 4.78 is 10.5. The molecule has 0 amide bonds. The van der Waals surface area contributed by atoms with E-state index >= 15 is 0 Å². The van der Waals surface area contributed by atoms with Crippen LogP contribution in [0.5, 0.6) is 0 Å². The van der Waals surface area contributed by atoms with E-state index in [1.165, 1.54) is 0 Å². The Morgan fingerprint density at radius 3 is 2.67 bits per heavy atom. The van der Waals surface area contributed by atoms with Gasteiger partial charge in [0.15, 0.2) is 6.29 Å². The molecule has 1 aliphatic rings. The molecular weight excluding hydrogens is 176 g/mol. The van der Waals surface area contributed by atoms with Crippen LogP contribution in [-0.4, -0.2) is 42.2 Å². The van der Waals surface area contributed by atoms with Gasteiger partial charge in [-0.15, -0.1) is 0 Å². The van der Waals surface area contributed by atoms with Crippen LogP contribution in [0.1, 0.15) is 13.3 Å². The van der Waals surface area contributed by atoms with Gasteiger partial charge in [-0.05, 0) is 13.2 Å². The molecule has 0 aromatic heterocycles. The van der Waals surface area contributed by atoms with Crippen LogP contribution >= 0.6 is 11.8 Å². The molecule has 4 atom stereocenters. The molecule has 0 aromatic rings. The van der Waals surface area contributed by atoms with Crippen LogP contribution in [0.25, 0.3) is 0 Å². The molecule has 1 N–H and O–H groups in total. The summed E-state index contributed by atoms with van der Waals surface area (Å²) in [5, 5.41) is 9.84. The number of aliphatic hydroxyl groups excluding tert-OH is 1. The first-order valence-corrected chi connectivity index (χ1v) is 5.37. The van der Waals surface area contributed by atoms with Crippen LogP contribution < -0.4 is 0 Å². The van der Waals surface area contributed by atoms with Crippen LogP contribution in [-0.2, 0) is 9.47 Å². The van der Waals surface area contributed by atoms with Gasteiger partial charge in [0.25, 0.3) is 0 Å². The maximum absolute atomic E-state index is 9.66. The molecule has 72 valence electrons. The Kier molecular flexibility index (Phi) is 3.83. The van der Waals surface area contributed by atoms with Crippen molar-refractivity contribution in [2.45, 2.75) is 37.1 Å². The average molecular weight is 192 g/mol. The second kappa shape index (κ2) is 4.46. The molecule has 3 nitrogen and oxygen atoms in total. The molecule has 12 heavy (non-hydrogen) atoms. The summed E-state index contributed by atoms with van der Waals surface area (Å²) in [6.45, 7) is 1.97. The van der Waals surface area contributed by atoms with E-state index in [1.54, 1.807) is 18.9 Å². The van der Waals surface area contributed by atoms with Gasteiger partial charge in [-0.25, -0.2) is 0 Å². The molecule has 1 aliphatic heterocycles. The Morgan fingerprint density at radius 2 is 2.25 bits per heavy atom. The zero-order chi connectivity index (χ0) is 9.14. The molecular formula is C8H16O3S. The standard InChI is InChI=1S/C8H16O3S/c1-5-8(12-3)6(9)4-7(10-2)11-5/h5-9H,4H2,1-3H3/t5-,6+,7+,8-/m1/s1. The fraction of sp³-hybridized carbons (Fsp3) is 1.00. The summed E-state index contributed by atoms with van der Waals surface area (Å²) in [4.78, 5) is 0. The molecule has 0 radical (unpaired) electrons. The van der Waals surface area contributed by atoms with Gasteiger partial charge >= 0.3 is 0 Å². The third kappa shape index (κ3) is 2.13. The van der Waals surface area contributed by atoms with Crippen molar-refractivity contribution in [3.05, 3.63) is 0 Å². The van der Waals surface area contributed by atoms with Crippen molar-refractivity contribution in [3.8, 4) is 0 Å². The Hall–Kier alpha value is 0.230. The van der Waals surface area contributed by atoms with Crippen LogP contribution in [0.4, 0.5) is 0 Å². The highest BCUT2D eigenvalue weighted by molar-refractivity contribution is 7.99. The summed E-state index contributed by atoms with van der Waals surface area (Å²) in [7, 11) is 1.60. The number of hydrogen-bond acceptors (Lipinski definition) is 4. The molecule has 0 aromatic carbocycles. The molecule has 0 aliphatic carbocycles. The summed E-state index contributed by atoms with van der Waals surface area (Å²) >= 11 is 1.64. The first-order chi connectivity index (χ1) is 5.69. The molecule has 1 fully saturated rings. The van der Waals surface area contributed by atoms with Crippen molar-refractivity contribution < 1.29 is 14.6 Å². The van der Waals surface area contributed by atoms with Crippen molar-refractivity contribution in [2.75, 3.05) is 13.4 Å². The van der Waals surface area contributed by atoms with E-state index in [2.05, 4.69) is 0 Å². The van der Waals surface area contributed by atoms with Crippen molar-refractivity contribution in [1.29, 1.82) is 0 Å². The number of hydrogen-bond donors (Lipinski definition) is 1. The van der Waals surface area contributed by atoms with E-state index < -0.39 is 0 Å². The highest BCUT2D eigenvalue weighted by Crippen LogP contribution is 2.28. The molecule has 0 saturated carbocycles. The smallest absolute Gasteiger partial charge is 0.160 e. The van der Waals surface area contributed by atoms with Gasteiger partial charge in [0.2, 0.25) is 0 Å². The minimum absolute atomic E-state index is 0.0636. The first kappa shape index (κ1) is 10.3. The highest BCUT2D eigenvalue weighted by Gasteiger charge is 2.34. The second-order valence-electron chi connectivity index (χ2n) is 3.01. The highest BCUT2D eigenvalue weighted by atomic mass is 32.2. The SMILES string of the molecule is CO[C@@H]1C[C@H](O)[C@H](SC)[C@@H](C)O1. The first-order valence-electron chi connectivity index (χ1n) is 4.08. The van der Waals surface area contributed by atoms with Crippen molar-refractivity contribution in [2.24, 2.45) is 0 Å². The average Bonchev–Trinajstić information content (AvgIpc) is 2.03. The van der Waals surface area contributed by atoms with Gasteiger partial charge in [0, 0.05) is 13.5 Å². The Morgan fingerprint density at radius 1 is 1.58 bits per heavy atom. The Bertz CT molecular complexity index is 130. The molecule has 0 spiro atoms. The summed E-state index contributed by atoms with van der Waals surface area (Å²) in [6.07, 6.45) is 2.08. The van der Waals surface area contributed by atoms with Gasteiger partial charge in [0.05, 0.1) is 17.5 Å². The maximum atomic E-state index is 9.66. The lowest BCUT2D eigenvalue weighted by Crippen LogP contribution is -2.45. The van der Waals surface area contributed by atoms with E-state index in [0.717, 1.165) is 0 Å². The summed E-state index contributed by atoms with van der Waals surface area (Å²) in [5.74, 6) is 0. The van der Waals surface area contributed by atoms with E-state index in [9.17, 15) is 5.11 Å². The fourth-order valence-electron chi connectivity index (χ4n) is 1.52. The second-order valence-corrected chi connectivity index (χ2v) is 4.03. The predicted molar refractivity (Wildman–Crippen MR) is 49.3 cm³/mol. The Balaban J connectivity index is 2.51. The van der Waals surface area contributed by atoms with Crippen molar-refractivity contribution in [1.82, 2.24) is 0 Å². The van der Waals surface area contributed by atoms with E-state index in [-0.39, 0.29) is 23.7 Å². The van der Waals surface area contributed by atoms with Crippen molar-refractivity contribution in [3.63, 3.8) is 0 Å².